The number of benzene rings is 1. The van der Waals surface area contributed by atoms with Crippen LogP contribution in [0.15, 0.2) is 16.6 Å². The molecule has 1 aromatic carbocycles. The summed E-state index contributed by atoms with van der Waals surface area (Å²) >= 11 is 2.67. The predicted molar refractivity (Wildman–Crippen MR) is 61.7 cm³/mol. The zero-order chi connectivity index (χ0) is 13.9. The number of carbonyl (C=O) groups excluding carboxylic acids is 1. The van der Waals surface area contributed by atoms with Crippen molar-refractivity contribution in [2.45, 2.75) is 19.1 Å². The van der Waals surface area contributed by atoms with Gasteiger partial charge in [0.1, 0.15) is 17.7 Å². The Kier molecular flexibility index (Phi) is 5.18. The standard InChI is InChI=1S/C11H11BrF2O4/c1-2-18-11(17)10(16)9(15)5-3-6(13)8(12)7(14)4-5/h3-4,9-10,15-16H,2H2,1H3. The molecule has 0 aliphatic carbocycles. The van der Waals surface area contributed by atoms with Gasteiger partial charge in [0.2, 0.25) is 0 Å². The Labute approximate surface area is 110 Å². The third-order valence-corrected chi connectivity index (χ3v) is 2.93. The third kappa shape index (κ3) is 3.24. The van der Waals surface area contributed by atoms with Gasteiger partial charge in [0.25, 0.3) is 0 Å². The van der Waals surface area contributed by atoms with Crippen molar-refractivity contribution in [1.29, 1.82) is 0 Å². The molecule has 0 spiro atoms. The largest absolute Gasteiger partial charge is 0.464 e. The van der Waals surface area contributed by atoms with Crippen LogP contribution in [-0.4, -0.2) is 28.9 Å². The molecule has 0 amide bonds. The summed E-state index contributed by atoms with van der Waals surface area (Å²) in [6.45, 7) is 1.54. The molecule has 4 nitrogen and oxygen atoms in total. The van der Waals surface area contributed by atoms with Crippen LogP contribution in [0.1, 0.15) is 18.6 Å². The molecule has 1 rings (SSSR count). The Balaban J connectivity index is 2.97. The van der Waals surface area contributed by atoms with Gasteiger partial charge in [0.05, 0.1) is 11.1 Å². The third-order valence-electron chi connectivity index (χ3n) is 2.17. The minimum Gasteiger partial charge on any atom is -0.464 e. The van der Waals surface area contributed by atoms with Crippen molar-refractivity contribution >= 4 is 21.9 Å². The molecule has 7 heteroatoms. The molecule has 18 heavy (non-hydrogen) atoms. The van der Waals surface area contributed by atoms with Crippen molar-refractivity contribution in [3.05, 3.63) is 33.8 Å². The number of esters is 1. The summed E-state index contributed by atoms with van der Waals surface area (Å²) in [6, 6.07) is 1.64. The molecule has 2 unspecified atom stereocenters. The first-order chi connectivity index (χ1) is 8.38. The summed E-state index contributed by atoms with van der Waals surface area (Å²) in [5.74, 6) is -2.95. The van der Waals surface area contributed by atoms with Gasteiger partial charge in [-0.05, 0) is 40.5 Å². The van der Waals surface area contributed by atoms with E-state index in [9.17, 15) is 23.8 Å². The molecule has 0 radical (unpaired) electrons. The number of halogens is 3. The number of hydrogen-bond acceptors (Lipinski definition) is 4. The molecule has 100 valence electrons. The fourth-order valence-corrected chi connectivity index (χ4v) is 1.51. The van der Waals surface area contributed by atoms with E-state index in [0.717, 1.165) is 12.1 Å². The van der Waals surface area contributed by atoms with Crippen molar-refractivity contribution in [3.8, 4) is 0 Å². The summed E-state index contributed by atoms with van der Waals surface area (Å²) < 4.78 is 30.5. The van der Waals surface area contributed by atoms with Gasteiger partial charge in [-0.1, -0.05) is 0 Å². The van der Waals surface area contributed by atoms with E-state index >= 15 is 0 Å². The highest BCUT2D eigenvalue weighted by molar-refractivity contribution is 9.10. The van der Waals surface area contributed by atoms with E-state index in [-0.39, 0.29) is 16.6 Å². The molecule has 0 aliphatic rings. The van der Waals surface area contributed by atoms with Crippen molar-refractivity contribution in [3.63, 3.8) is 0 Å². The Morgan fingerprint density at radius 3 is 2.33 bits per heavy atom. The molecule has 0 aromatic heterocycles. The van der Waals surface area contributed by atoms with Crippen LogP contribution in [0.4, 0.5) is 8.78 Å². The van der Waals surface area contributed by atoms with Crippen LogP contribution in [-0.2, 0) is 9.53 Å². The van der Waals surface area contributed by atoms with E-state index in [1.54, 1.807) is 0 Å². The molecule has 0 bridgehead atoms. The van der Waals surface area contributed by atoms with Gasteiger partial charge >= 0.3 is 5.97 Å². The zero-order valence-corrected chi connectivity index (χ0v) is 10.9. The van der Waals surface area contributed by atoms with E-state index < -0.39 is 29.8 Å². The van der Waals surface area contributed by atoms with Crippen LogP contribution < -0.4 is 0 Å². The Bertz CT molecular complexity index is 430. The van der Waals surface area contributed by atoms with Gasteiger partial charge in [0, 0.05) is 0 Å². The van der Waals surface area contributed by atoms with Crippen LogP contribution in [0, 0.1) is 11.6 Å². The zero-order valence-electron chi connectivity index (χ0n) is 9.36. The normalized spacial score (nSPS) is 14.1. The number of carbonyl (C=O) groups is 1. The van der Waals surface area contributed by atoms with E-state index in [1.165, 1.54) is 6.92 Å². The van der Waals surface area contributed by atoms with Crippen LogP contribution in [0.25, 0.3) is 0 Å². The molecule has 2 atom stereocenters. The molecule has 0 saturated heterocycles. The SMILES string of the molecule is CCOC(=O)C(O)C(O)c1cc(F)c(Br)c(F)c1. The molecular weight excluding hydrogens is 314 g/mol. The number of aliphatic hydroxyl groups is 2. The van der Waals surface area contributed by atoms with E-state index in [4.69, 9.17) is 0 Å². The Hall–Kier alpha value is -1.05. The first kappa shape index (κ1) is 15.0. The van der Waals surface area contributed by atoms with E-state index in [1.807, 2.05) is 0 Å². The van der Waals surface area contributed by atoms with Gasteiger partial charge in [-0.3, -0.25) is 0 Å². The van der Waals surface area contributed by atoms with Crippen molar-refractivity contribution < 1.29 is 28.5 Å². The van der Waals surface area contributed by atoms with Gasteiger partial charge in [0.15, 0.2) is 6.10 Å². The maximum absolute atomic E-state index is 13.2. The van der Waals surface area contributed by atoms with Crippen molar-refractivity contribution in [2.24, 2.45) is 0 Å². The smallest absolute Gasteiger partial charge is 0.338 e. The monoisotopic (exact) mass is 324 g/mol. The van der Waals surface area contributed by atoms with Crippen LogP contribution in [0.2, 0.25) is 0 Å². The maximum Gasteiger partial charge on any atom is 0.338 e. The van der Waals surface area contributed by atoms with Crippen molar-refractivity contribution in [1.82, 2.24) is 0 Å². The summed E-state index contributed by atoms with van der Waals surface area (Å²) in [7, 11) is 0. The molecule has 0 aliphatic heterocycles. The van der Waals surface area contributed by atoms with Gasteiger partial charge in [-0.25, -0.2) is 13.6 Å². The van der Waals surface area contributed by atoms with Crippen molar-refractivity contribution in [2.75, 3.05) is 6.61 Å². The summed E-state index contributed by atoms with van der Waals surface area (Å²) in [4.78, 5) is 11.2. The minimum absolute atomic E-state index is 0.0195. The van der Waals surface area contributed by atoms with Gasteiger partial charge in [-0.2, -0.15) is 0 Å². The average Bonchev–Trinajstić information content (AvgIpc) is 2.33. The average molecular weight is 325 g/mol. The molecule has 0 fully saturated rings. The molecule has 2 N–H and O–H groups in total. The first-order valence-corrected chi connectivity index (χ1v) is 5.85. The van der Waals surface area contributed by atoms with Crippen LogP contribution in [0.5, 0.6) is 0 Å². The fraction of sp³-hybridized carbons (Fsp3) is 0.364. The highest BCUT2D eigenvalue weighted by Gasteiger charge is 2.28. The van der Waals surface area contributed by atoms with E-state index in [2.05, 4.69) is 20.7 Å². The number of ether oxygens (including phenoxy) is 1. The Morgan fingerprint density at radius 1 is 1.39 bits per heavy atom. The maximum atomic E-state index is 13.2. The minimum atomic E-state index is -1.90. The second kappa shape index (κ2) is 6.21. The summed E-state index contributed by atoms with van der Waals surface area (Å²) in [5.41, 5.74) is -0.256. The lowest BCUT2D eigenvalue weighted by Crippen LogP contribution is -2.30. The quantitative estimate of drug-likeness (QED) is 0.653. The fourth-order valence-electron chi connectivity index (χ4n) is 1.28. The molecule has 1 aromatic rings. The second-order valence-electron chi connectivity index (χ2n) is 3.44. The number of rotatable bonds is 4. The van der Waals surface area contributed by atoms with Gasteiger partial charge in [-0.15, -0.1) is 0 Å². The number of hydrogen-bond donors (Lipinski definition) is 2. The first-order valence-electron chi connectivity index (χ1n) is 5.05. The lowest BCUT2D eigenvalue weighted by atomic mass is 10.0. The molecular formula is C11H11BrF2O4. The predicted octanol–water partition coefficient (Wildman–Crippen LogP) is 1.68. The number of aliphatic hydroxyl groups excluding tert-OH is 2. The van der Waals surface area contributed by atoms with Crippen LogP contribution >= 0.6 is 15.9 Å². The topological polar surface area (TPSA) is 66.8 Å². The van der Waals surface area contributed by atoms with Crippen LogP contribution in [0.3, 0.4) is 0 Å². The van der Waals surface area contributed by atoms with E-state index in [0.29, 0.717) is 0 Å². The second-order valence-corrected chi connectivity index (χ2v) is 4.23. The summed E-state index contributed by atoms with van der Waals surface area (Å²) in [5, 5.41) is 19.1. The lowest BCUT2D eigenvalue weighted by Gasteiger charge is -2.17. The molecule has 0 heterocycles. The molecule has 0 saturated carbocycles. The van der Waals surface area contributed by atoms with Gasteiger partial charge < -0.3 is 14.9 Å². The Morgan fingerprint density at radius 2 is 1.89 bits per heavy atom. The highest BCUT2D eigenvalue weighted by atomic mass is 79.9. The summed E-state index contributed by atoms with van der Waals surface area (Å²) in [6.07, 6.45) is -3.66. The lowest BCUT2D eigenvalue weighted by molar-refractivity contribution is -0.159. The highest BCUT2D eigenvalue weighted by Crippen LogP contribution is 2.26.